The summed E-state index contributed by atoms with van der Waals surface area (Å²) in [6, 6.07) is 13.6. The van der Waals surface area contributed by atoms with Gasteiger partial charge in [-0.25, -0.2) is 40.2 Å². The van der Waals surface area contributed by atoms with Crippen molar-refractivity contribution in [2.75, 3.05) is 98.7 Å². The van der Waals surface area contributed by atoms with E-state index in [2.05, 4.69) is 46.0 Å². The van der Waals surface area contributed by atoms with Crippen LogP contribution in [0.1, 0.15) is 215 Å². The normalized spacial score (nSPS) is 15.0. The molecular weight excluding hydrogens is 1820 g/mol. The number of hydrogen-bond acceptors (Lipinski definition) is 26. The minimum atomic E-state index is -4.01. The van der Waals surface area contributed by atoms with Gasteiger partial charge in [0, 0.05) is 88.8 Å². The Balaban J connectivity index is 0.000000228. The number of carbonyl (C=O) groups excluding carboxylic acids is 4. The molecule has 6 N–H and O–H groups in total. The molecule has 0 unspecified atom stereocenters. The Bertz CT molecular complexity index is 5930. The van der Waals surface area contributed by atoms with Gasteiger partial charge in [-0.2, -0.15) is 8.61 Å². The lowest BCUT2D eigenvalue weighted by atomic mass is 9.73. The molecule has 39 heteroatoms. The number of aryl methyl sites for hydroxylation is 6. The first-order valence-corrected chi connectivity index (χ1v) is 51.5. The highest BCUT2D eigenvalue weighted by atomic mass is 35.7. The van der Waals surface area contributed by atoms with Gasteiger partial charge >= 0.3 is 23.9 Å². The van der Waals surface area contributed by atoms with Crippen LogP contribution in [-0.2, 0) is 107 Å². The molecule has 6 aromatic heterocycles. The molecule has 3 aliphatic rings. The number of esters is 4. The molecule has 3 saturated heterocycles. The van der Waals surface area contributed by atoms with Crippen LogP contribution in [0.4, 0.5) is 0 Å². The average molecular weight is 1950 g/mol. The summed E-state index contributed by atoms with van der Waals surface area (Å²) in [5.41, 5.74) is 5.14. The molecule has 734 valence electrons. The van der Waals surface area contributed by atoms with Gasteiger partial charge in [0.15, 0.2) is 0 Å². The number of fused-ring (bicyclic) bond motifs is 3. The number of nitrogens with one attached hydrogen (secondary N) is 4. The highest BCUT2D eigenvalue weighted by molar-refractivity contribution is 8.13. The minimum absolute atomic E-state index is 0. The first-order chi connectivity index (χ1) is 63.1. The van der Waals surface area contributed by atoms with Crippen molar-refractivity contribution in [3.05, 3.63) is 121 Å². The topological polar surface area (TPSA) is 446 Å². The Hall–Kier alpha value is -9.57. The number of rotatable bonds is 41. The van der Waals surface area contributed by atoms with Crippen molar-refractivity contribution in [1.82, 2.24) is 57.5 Å². The third kappa shape index (κ3) is 27.4. The summed E-state index contributed by atoms with van der Waals surface area (Å²) in [4.78, 5) is 111. The molecule has 0 aliphatic carbocycles. The van der Waals surface area contributed by atoms with Gasteiger partial charge in [0.1, 0.15) is 51.3 Å². The fourth-order valence-electron chi connectivity index (χ4n) is 17.4. The number of aromatic nitrogens is 9. The zero-order valence-electron chi connectivity index (χ0n) is 78.9. The van der Waals surface area contributed by atoms with Crippen LogP contribution in [0.25, 0.3) is 67.3 Å². The van der Waals surface area contributed by atoms with Gasteiger partial charge in [0.25, 0.3) is 25.7 Å². The maximum atomic E-state index is 14.0. The van der Waals surface area contributed by atoms with E-state index in [-0.39, 0.29) is 149 Å². The van der Waals surface area contributed by atoms with Crippen LogP contribution in [0, 0.1) is 16.2 Å². The molecule has 0 atom stereocenters. The summed E-state index contributed by atoms with van der Waals surface area (Å²) in [5.74, 6) is 0.762. The monoisotopic (exact) mass is 1950 g/mol. The molecule has 3 aliphatic heterocycles. The molecule has 3 fully saturated rings. The zero-order chi connectivity index (χ0) is 96.3. The van der Waals surface area contributed by atoms with Crippen LogP contribution in [0.15, 0.2) is 102 Å². The predicted octanol–water partition coefficient (Wildman–Crippen LogP) is 13.8. The number of piperidine rings is 3. The number of hydrogen-bond donors (Lipinski definition) is 6. The maximum absolute atomic E-state index is 14.0. The van der Waals surface area contributed by atoms with Crippen LogP contribution in [0.5, 0.6) is 17.2 Å². The highest BCUT2D eigenvalue weighted by Crippen LogP contribution is 2.45. The SMILES string of the molecule is CCCOc1ccc(S(=O)(=O)Cl)cc1-c1nc2c(CCC)cn(C)c2c(=O)[nH]1.CCCOc1ccc(S(=O)(=O)N2CCC(CC(=O)OCC)(CC(=O)OCC)CC2)cc1-c1nc2c(CCC)cn(CC)c2c(=O)[nH]1.CCCOc1ccc(S(=O)(=O)N2CCC(CCO)(CCO)CC2)cc1-c1nc2c(CCC)cn(CC)c2c(=O)[nH]1.CCOC(=O)CC1(CC(=O)OCC)CCNCC1.Cl. The van der Waals surface area contributed by atoms with Gasteiger partial charge in [-0.1, -0.05) is 60.8 Å². The lowest BCUT2D eigenvalue weighted by Crippen LogP contribution is -2.45. The number of sulfonamides is 2. The van der Waals surface area contributed by atoms with E-state index in [0.29, 0.717) is 165 Å². The van der Waals surface area contributed by atoms with Crippen LogP contribution in [0.2, 0.25) is 0 Å². The first kappa shape index (κ1) is 109. The molecule has 3 aromatic carbocycles. The van der Waals surface area contributed by atoms with Crippen LogP contribution in [-0.4, -0.2) is 210 Å². The predicted molar refractivity (Wildman–Crippen MR) is 513 cm³/mol. The number of aliphatic hydroxyl groups is 2. The Kier molecular flexibility index (Phi) is 41.1. The molecule has 0 saturated carbocycles. The Morgan fingerprint density at radius 1 is 0.429 bits per heavy atom. The first-order valence-electron chi connectivity index (χ1n) is 46.3. The van der Waals surface area contributed by atoms with Gasteiger partial charge < -0.3 is 77.3 Å². The second kappa shape index (κ2) is 50.3. The van der Waals surface area contributed by atoms with Crippen molar-refractivity contribution in [3.8, 4) is 51.4 Å². The Labute approximate surface area is 789 Å². The van der Waals surface area contributed by atoms with Crippen molar-refractivity contribution < 1.29 is 87.8 Å². The van der Waals surface area contributed by atoms with Crippen molar-refractivity contribution >= 4 is 109 Å². The molecule has 133 heavy (non-hydrogen) atoms. The van der Waals surface area contributed by atoms with E-state index in [1.165, 1.54) is 38.9 Å². The van der Waals surface area contributed by atoms with E-state index in [4.69, 9.17) is 53.8 Å². The van der Waals surface area contributed by atoms with E-state index in [0.717, 1.165) is 100 Å². The molecular formula is C94H134Cl2N12O22S3. The van der Waals surface area contributed by atoms with Crippen molar-refractivity contribution in [3.63, 3.8) is 0 Å². The lowest BCUT2D eigenvalue weighted by molar-refractivity contribution is -0.153. The summed E-state index contributed by atoms with van der Waals surface area (Å²) in [6.45, 7) is 29.3. The number of aromatic amines is 3. The number of carbonyl (C=O) groups is 4. The van der Waals surface area contributed by atoms with Gasteiger partial charge in [0.05, 0.1) is 120 Å². The van der Waals surface area contributed by atoms with Crippen LogP contribution < -0.4 is 36.2 Å². The van der Waals surface area contributed by atoms with Gasteiger partial charge in [-0.05, 0) is 232 Å². The van der Waals surface area contributed by atoms with Gasteiger partial charge in [-0.3, -0.25) is 33.6 Å². The largest absolute Gasteiger partial charge is 0.493 e. The van der Waals surface area contributed by atoms with Gasteiger partial charge in [-0.15, -0.1) is 12.4 Å². The van der Waals surface area contributed by atoms with Gasteiger partial charge in [0.2, 0.25) is 20.0 Å². The quantitative estimate of drug-likeness (QED) is 0.0118. The smallest absolute Gasteiger partial charge is 0.306 e. The number of benzene rings is 3. The molecule has 9 aromatic rings. The molecule has 12 rings (SSSR count). The van der Waals surface area contributed by atoms with Crippen molar-refractivity contribution in [2.24, 2.45) is 23.3 Å². The number of H-pyrrole nitrogens is 3. The van der Waals surface area contributed by atoms with Crippen LogP contribution in [0.3, 0.4) is 0 Å². The molecule has 9 heterocycles. The molecule has 0 radical (unpaired) electrons. The number of ether oxygens (including phenoxy) is 7. The van der Waals surface area contributed by atoms with Crippen LogP contribution >= 0.6 is 23.1 Å². The van der Waals surface area contributed by atoms with E-state index >= 15 is 0 Å². The summed E-state index contributed by atoms with van der Waals surface area (Å²) in [6.07, 6.45) is 18.1. The fraction of sp³-hybridized carbons (Fsp3) is 0.574. The molecule has 0 spiro atoms. The van der Waals surface area contributed by atoms with E-state index in [1.54, 1.807) is 63.6 Å². The fourth-order valence-corrected chi connectivity index (χ4v) is 21.1. The number of halogens is 2. The number of nitrogens with zero attached hydrogens (tertiary/aromatic N) is 8. The lowest BCUT2D eigenvalue weighted by Gasteiger charge is -2.41. The summed E-state index contributed by atoms with van der Waals surface area (Å²) >= 11 is 0. The van der Waals surface area contributed by atoms with E-state index in [9.17, 15) is 69.0 Å². The number of aliphatic hydroxyl groups excluding tert-OH is 2. The standard InChI is InChI=1S/C33H46N4O8S.C29H42N4O6S.C19H22ClN3O4S.C13H23NO4.ClH/c1-6-11-23-22-36(8-3)30-29(23)34-31(35-32(30)40)25-19-24(12-13-26(25)45-18-7-2)46(41,42)37-16-14-33(15-17-37,20-27(38)43-9-4)21-28(39)44-10-5;1-4-7-21-20-32(6-3)26-25(21)30-27(31-28(26)36)23-19-22(8-9-24(23)39-18-5-2)40(37,38)33-14-10-29(11-15-33,12-16-34)13-17-35;1-4-6-12-11-23(3)17-16(12)21-18(22-19(17)24)14-10-13(28(20,25)26)7-8-15(14)27-9-5-2;1-3-17-11(15)9-13(5-7-14-8-6-13)10-12(16)18-4-2;/h12-13,19,22H,6-11,14-18,20-21H2,1-5H3,(H,34,35,40);8-9,19-20,34-35H,4-7,10-18H2,1-3H3,(H,30,31,36);7-8,10-11H,4-6,9H2,1-3H3,(H,21,22,24);14H,3-10H2,1-2H3;1H. The maximum Gasteiger partial charge on any atom is 0.306 e. The summed E-state index contributed by atoms with van der Waals surface area (Å²) < 4.78 is 126. The van der Waals surface area contributed by atoms with Crippen molar-refractivity contribution in [1.29, 1.82) is 0 Å². The van der Waals surface area contributed by atoms with Crippen molar-refractivity contribution in [2.45, 2.75) is 246 Å². The second-order valence-corrected chi connectivity index (χ2v) is 40.1. The summed E-state index contributed by atoms with van der Waals surface area (Å²) in [5, 5.41) is 22.3. The third-order valence-corrected chi connectivity index (χ3v) is 29.3. The molecule has 0 amide bonds. The summed E-state index contributed by atoms with van der Waals surface area (Å²) in [7, 11) is -4.49. The zero-order valence-corrected chi connectivity index (χ0v) is 83.0. The highest BCUT2D eigenvalue weighted by Gasteiger charge is 2.44. The minimum Gasteiger partial charge on any atom is -0.493 e. The Morgan fingerprint density at radius 2 is 0.737 bits per heavy atom. The molecule has 34 nitrogen and oxygen atoms in total. The second-order valence-electron chi connectivity index (χ2n) is 33.6. The third-order valence-electron chi connectivity index (χ3n) is 24.1. The Morgan fingerprint density at radius 3 is 1.05 bits per heavy atom. The van der Waals surface area contributed by atoms with E-state index < -0.39 is 46.5 Å². The molecule has 0 bridgehead atoms. The van der Waals surface area contributed by atoms with E-state index in [1.807, 2.05) is 62.3 Å². The average Bonchev–Trinajstić information content (AvgIpc) is 1.68.